The van der Waals surface area contributed by atoms with Crippen molar-refractivity contribution in [2.24, 2.45) is 9.98 Å². The van der Waals surface area contributed by atoms with E-state index in [1.54, 1.807) is 12.1 Å². The summed E-state index contributed by atoms with van der Waals surface area (Å²) in [6.45, 7) is 6.17. The number of furan rings is 2. The van der Waals surface area contributed by atoms with Crippen molar-refractivity contribution in [2.75, 3.05) is 0 Å². The molecule has 0 spiro atoms. The summed E-state index contributed by atoms with van der Waals surface area (Å²) in [5.74, 6) is 0.526. The van der Waals surface area contributed by atoms with Crippen LogP contribution >= 0.6 is 0 Å². The van der Waals surface area contributed by atoms with Gasteiger partial charge in [-0.2, -0.15) is 0 Å². The Morgan fingerprint density at radius 3 is 1.95 bits per heavy atom. The van der Waals surface area contributed by atoms with Crippen molar-refractivity contribution in [3.63, 3.8) is 0 Å². The van der Waals surface area contributed by atoms with E-state index >= 15 is 0 Å². The Labute approximate surface area is 330 Å². The van der Waals surface area contributed by atoms with E-state index in [1.165, 1.54) is 0 Å². The first kappa shape index (κ1) is 34.6. The fraction of sp³-hybridized carbons (Fsp3) is 0.0800. The standard InChI is InChI=1S/C50H36N2O4S/c1-4-30(2)49(32-13-6-5-7-14-32)52-50(35-21-24-38-37-15-8-10-18-42(37)56-45(38)29-35)51-31(3)33-22-25-46-40(27-33)41-28-34(23-26-47(41)57(46,53)54)36-17-12-20-44-48(36)39-16-9-11-19-43(39)55-44/h5-29H,4H2,1-3H3/b49-30+,51-31?,52-50?. The third-order valence-corrected chi connectivity index (χ3v) is 12.9. The summed E-state index contributed by atoms with van der Waals surface area (Å²) in [5, 5.41) is 4.09. The molecular formula is C50H36N2O4S. The van der Waals surface area contributed by atoms with E-state index in [4.69, 9.17) is 18.8 Å². The van der Waals surface area contributed by atoms with Crippen molar-refractivity contribution in [2.45, 2.75) is 37.0 Å². The lowest BCUT2D eigenvalue weighted by Gasteiger charge is -2.11. The first-order valence-corrected chi connectivity index (χ1v) is 20.5. The Balaban J connectivity index is 1.12. The molecular weight excluding hydrogens is 725 g/mol. The highest BCUT2D eigenvalue weighted by atomic mass is 32.2. The zero-order valence-electron chi connectivity index (χ0n) is 31.6. The summed E-state index contributed by atoms with van der Waals surface area (Å²) in [4.78, 5) is 11.1. The first-order valence-electron chi connectivity index (χ1n) is 19.0. The Bertz CT molecular complexity index is 3310. The predicted molar refractivity (Wildman–Crippen MR) is 232 cm³/mol. The van der Waals surface area contributed by atoms with E-state index in [9.17, 15) is 8.42 Å². The molecule has 0 saturated carbocycles. The zero-order valence-corrected chi connectivity index (χ0v) is 32.4. The van der Waals surface area contributed by atoms with Gasteiger partial charge in [-0.15, -0.1) is 0 Å². The number of para-hydroxylation sites is 2. The molecule has 0 bridgehead atoms. The zero-order chi connectivity index (χ0) is 38.8. The third kappa shape index (κ3) is 5.73. The molecule has 276 valence electrons. The maximum atomic E-state index is 14.0. The molecule has 0 fully saturated rings. The van der Waals surface area contributed by atoms with E-state index in [2.05, 4.69) is 50.2 Å². The second kappa shape index (κ2) is 13.4. The van der Waals surface area contributed by atoms with Gasteiger partial charge < -0.3 is 8.83 Å². The van der Waals surface area contributed by atoms with Crippen LogP contribution in [0.5, 0.6) is 0 Å². The summed E-state index contributed by atoms with van der Waals surface area (Å²) in [6, 6.07) is 49.4. The molecule has 0 saturated heterocycles. The van der Waals surface area contributed by atoms with Gasteiger partial charge in [-0.1, -0.05) is 104 Å². The van der Waals surface area contributed by atoms with Crippen LogP contribution in [0.1, 0.15) is 43.9 Å². The molecule has 0 N–H and O–H groups in total. The number of hydrogen-bond acceptors (Lipinski definition) is 5. The van der Waals surface area contributed by atoms with Crippen molar-refractivity contribution in [3.8, 4) is 22.3 Å². The van der Waals surface area contributed by atoms with Gasteiger partial charge in [0.05, 0.1) is 15.5 Å². The minimum absolute atomic E-state index is 0.287. The van der Waals surface area contributed by atoms with Gasteiger partial charge in [0.2, 0.25) is 9.84 Å². The molecule has 0 amide bonds. The number of hydrogen-bond donors (Lipinski definition) is 0. The van der Waals surface area contributed by atoms with Gasteiger partial charge in [-0.05, 0) is 97.1 Å². The topological polar surface area (TPSA) is 85.1 Å². The SMILES string of the molecule is CC/C(C)=C(/N=C(N=C(C)c1ccc2c(c1)-c1cc(-c3cccc4oc5ccccc5c34)ccc1S2(=O)=O)c1ccc2c(c1)oc1ccccc12)c1ccccc1. The number of allylic oxidation sites excluding steroid dienone is 1. The van der Waals surface area contributed by atoms with E-state index in [1.807, 2.05) is 110 Å². The van der Waals surface area contributed by atoms with Gasteiger partial charge in [0, 0.05) is 49.5 Å². The smallest absolute Gasteiger partial charge is 0.207 e. The minimum atomic E-state index is -3.73. The lowest BCUT2D eigenvalue weighted by atomic mass is 9.95. The molecule has 1 aliphatic heterocycles. The molecule has 6 nitrogen and oxygen atoms in total. The molecule has 0 aliphatic carbocycles. The monoisotopic (exact) mass is 760 g/mol. The normalized spacial score (nSPS) is 14.4. The Morgan fingerprint density at radius 1 is 0.526 bits per heavy atom. The number of amidine groups is 1. The minimum Gasteiger partial charge on any atom is -0.456 e. The molecule has 7 heteroatoms. The van der Waals surface area contributed by atoms with Crippen LogP contribution in [0.2, 0.25) is 0 Å². The fourth-order valence-corrected chi connectivity index (χ4v) is 9.64. The Kier molecular flexibility index (Phi) is 8.16. The van der Waals surface area contributed by atoms with Crippen molar-refractivity contribution in [3.05, 3.63) is 174 Å². The van der Waals surface area contributed by atoms with E-state index in [-0.39, 0.29) is 4.90 Å². The lowest BCUT2D eigenvalue weighted by molar-refractivity contribution is 0.598. The van der Waals surface area contributed by atoms with E-state index < -0.39 is 9.84 Å². The van der Waals surface area contributed by atoms with Gasteiger partial charge in [0.25, 0.3) is 0 Å². The van der Waals surface area contributed by atoms with Crippen LogP contribution in [0.25, 0.3) is 71.8 Å². The highest BCUT2D eigenvalue weighted by Crippen LogP contribution is 2.46. The third-order valence-electron chi connectivity index (χ3n) is 11.1. The largest absolute Gasteiger partial charge is 0.456 e. The summed E-state index contributed by atoms with van der Waals surface area (Å²) < 4.78 is 40.4. The Morgan fingerprint density at radius 2 is 1.16 bits per heavy atom. The summed E-state index contributed by atoms with van der Waals surface area (Å²) in [7, 11) is -3.73. The molecule has 0 unspecified atom stereocenters. The molecule has 10 rings (SSSR count). The number of benzene rings is 7. The molecule has 7 aromatic carbocycles. The predicted octanol–water partition coefficient (Wildman–Crippen LogP) is 13.1. The van der Waals surface area contributed by atoms with Crippen LogP contribution < -0.4 is 0 Å². The average molecular weight is 761 g/mol. The maximum Gasteiger partial charge on any atom is 0.207 e. The highest BCUT2D eigenvalue weighted by Gasteiger charge is 2.33. The fourth-order valence-electron chi connectivity index (χ4n) is 7.99. The van der Waals surface area contributed by atoms with E-state index in [0.29, 0.717) is 27.6 Å². The van der Waals surface area contributed by atoms with Gasteiger partial charge in [-0.25, -0.2) is 18.4 Å². The lowest BCUT2D eigenvalue weighted by Crippen LogP contribution is -2.05. The summed E-state index contributed by atoms with van der Waals surface area (Å²) in [5.41, 5.74) is 11.6. The number of fused-ring (bicyclic) bond motifs is 9. The molecule has 0 radical (unpaired) electrons. The number of rotatable bonds is 6. The van der Waals surface area contributed by atoms with Crippen molar-refractivity contribution >= 4 is 71.0 Å². The Hall–Kier alpha value is -6.83. The molecule has 3 heterocycles. The number of aliphatic imine (C=N–C) groups is 2. The second-order valence-corrected chi connectivity index (χ2v) is 16.4. The van der Waals surface area contributed by atoms with Crippen LogP contribution in [0, 0.1) is 0 Å². The molecule has 1 aliphatic rings. The molecule has 57 heavy (non-hydrogen) atoms. The van der Waals surface area contributed by atoms with Crippen LogP contribution in [-0.4, -0.2) is 20.0 Å². The van der Waals surface area contributed by atoms with Crippen molar-refractivity contribution in [1.29, 1.82) is 0 Å². The molecule has 0 atom stereocenters. The van der Waals surface area contributed by atoms with Gasteiger partial charge >= 0.3 is 0 Å². The van der Waals surface area contributed by atoms with Crippen LogP contribution in [0.15, 0.2) is 186 Å². The van der Waals surface area contributed by atoms with Gasteiger partial charge in [0.15, 0.2) is 5.84 Å². The van der Waals surface area contributed by atoms with Gasteiger partial charge in [-0.3, -0.25) is 0 Å². The van der Waals surface area contributed by atoms with Crippen LogP contribution in [0.3, 0.4) is 0 Å². The van der Waals surface area contributed by atoms with Crippen LogP contribution in [-0.2, 0) is 9.84 Å². The maximum absolute atomic E-state index is 14.0. The van der Waals surface area contributed by atoms with Gasteiger partial charge in [0.1, 0.15) is 22.3 Å². The van der Waals surface area contributed by atoms with Crippen molar-refractivity contribution < 1.29 is 17.3 Å². The summed E-state index contributed by atoms with van der Waals surface area (Å²) >= 11 is 0. The quantitative estimate of drug-likeness (QED) is 0.125. The molecule has 9 aromatic rings. The number of sulfone groups is 1. The van der Waals surface area contributed by atoms with Crippen LogP contribution in [0.4, 0.5) is 0 Å². The first-order chi connectivity index (χ1) is 27.8. The van der Waals surface area contributed by atoms with Crippen molar-refractivity contribution in [1.82, 2.24) is 0 Å². The average Bonchev–Trinajstić information content (AvgIpc) is 3.89. The number of nitrogens with zero attached hydrogens (tertiary/aromatic N) is 2. The highest BCUT2D eigenvalue weighted by molar-refractivity contribution is 7.92. The second-order valence-electron chi connectivity index (χ2n) is 14.5. The summed E-state index contributed by atoms with van der Waals surface area (Å²) in [6.07, 6.45) is 0.818. The molecule has 2 aromatic heterocycles. The van der Waals surface area contributed by atoms with E-state index in [0.717, 1.165) is 89.4 Å².